The summed E-state index contributed by atoms with van der Waals surface area (Å²) in [6.45, 7) is 5.00. The van der Waals surface area contributed by atoms with Crippen LogP contribution in [0.15, 0.2) is 24.4 Å². The smallest absolute Gasteiger partial charge is 0.243 e. The molecule has 1 N–H and O–H groups in total. The monoisotopic (exact) mass is 233 g/mol. The van der Waals surface area contributed by atoms with Gasteiger partial charge in [0.25, 0.3) is 0 Å². The van der Waals surface area contributed by atoms with E-state index in [1.807, 2.05) is 35.4 Å². The lowest BCUT2D eigenvalue weighted by atomic mass is 10.0. The van der Waals surface area contributed by atoms with E-state index in [9.17, 15) is 4.79 Å². The van der Waals surface area contributed by atoms with E-state index in [2.05, 4.69) is 19.2 Å². The molecule has 1 aliphatic heterocycles. The zero-order valence-electron chi connectivity index (χ0n) is 10.4. The predicted octanol–water partition coefficient (Wildman–Crippen LogP) is 1.43. The molecule has 1 amide bonds. The largest absolute Gasteiger partial charge is 0.362 e. The first-order chi connectivity index (χ1) is 8.15. The summed E-state index contributed by atoms with van der Waals surface area (Å²) in [4.78, 5) is 14.0. The molecule has 1 rings (SSSR count). The zero-order valence-corrected chi connectivity index (χ0v) is 10.4. The number of hydrogen-bond acceptors (Lipinski definition) is 3. The maximum atomic E-state index is 12.0. The zero-order chi connectivity index (χ0) is 12.7. The molecule has 1 unspecified atom stereocenters. The van der Waals surface area contributed by atoms with Gasteiger partial charge in [-0.3, -0.25) is 4.79 Å². The standard InChI is InChI=1S/C13H19N3O/c1-11(2)10-12(13(17)15-7-6-14)16-8-4-3-5-9-16/h3-5,8,11-12H,7,9-10H2,1-2H3,(H,15,17). The summed E-state index contributed by atoms with van der Waals surface area (Å²) in [6.07, 6.45) is 8.63. The second-order valence-electron chi connectivity index (χ2n) is 4.49. The number of carbonyl (C=O) groups is 1. The number of allylic oxidation sites excluding steroid dienone is 2. The molecule has 0 bridgehead atoms. The minimum absolute atomic E-state index is 0.0693. The van der Waals surface area contributed by atoms with E-state index in [4.69, 9.17) is 5.26 Å². The minimum atomic E-state index is -0.190. The van der Waals surface area contributed by atoms with Crippen LogP contribution in [-0.2, 0) is 4.79 Å². The predicted molar refractivity (Wildman–Crippen MR) is 66.9 cm³/mol. The Hall–Kier alpha value is -1.76. The van der Waals surface area contributed by atoms with Crippen molar-refractivity contribution in [2.45, 2.75) is 26.3 Å². The lowest BCUT2D eigenvalue weighted by Crippen LogP contribution is -2.46. The molecule has 0 aliphatic carbocycles. The second-order valence-corrected chi connectivity index (χ2v) is 4.49. The molecule has 1 aliphatic rings. The van der Waals surface area contributed by atoms with E-state index in [1.54, 1.807) is 0 Å². The van der Waals surface area contributed by atoms with Gasteiger partial charge in [-0.05, 0) is 18.4 Å². The fourth-order valence-corrected chi connectivity index (χ4v) is 1.80. The minimum Gasteiger partial charge on any atom is -0.362 e. The van der Waals surface area contributed by atoms with Gasteiger partial charge in [0.1, 0.15) is 12.6 Å². The van der Waals surface area contributed by atoms with Crippen LogP contribution in [0.25, 0.3) is 0 Å². The van der Waals surface area contributed by atoms with Crippen molar-refractivity contribution in [3.63, 3.8) is 0 Å². The number of hydrogen-bond donors (Lipinski definition) is 1. The molecule has 0 aromatic carbocycles. The normalized spacial score (nSPS) is 15.8. The third kappa shape index (κ3) is 4.31. The van der Waals surface area contributed by atoms with Crippen LogP contribution in [0.5, 0.6) is 0 Å². The lowest BCUT2D eigenvalue weighted by molar-refractivity contribution is -0.125. The van der Waals surface area contributed by atoms with Crippen molar-refractivity contribution < 1.29 is 4.79 Å². The number of amides is 1. The van der Waals surface area contributed by atoms with Gasteiger partial charge in [0.15, 0.2) is 0 Å². The van der Waals surface area contributed by atoms with Crippen LogP contribution in [0, 0.1) is 17.2 Å². The lowest BCUT2D eigenvalue weighted by Gasteiger charge is -2.30. The Kier molecular flexibility index (Phi) is 5.28. The van der Waals surface area contributed by atoms with Crippen molar-refractivity contribution in [2.75, 3.05) is 13.1 Å². The molecule has 1 atom stereocenters. The highest BCUT2D eigenvalue weighted by Gasteiger charge is 2.24. The Morgan fingerprint density at radius 1 is 1.53 bits per heavy atom. The van der Waals surface area contributed by atoms with E-state index in [0.717, 1.165) is 13.0 Å². The molecule has 0 saturated heterocycles. The Balaban J connectivity index is 2.66. The van der Waals surface area contributed by atoms with Crippen LogP contribution in [0.1, 0.15) is 20.3 Å². The summed E-state index contributed by atoms with van der Waals surface area (Å²) in [5.74, 6) is 0.368. The second kappa shape index (κ2) is 6.74. The number of nitrogens with zero attached hydrogens (tertiary/aromatic N) is 2. The molecular formula is C13H19N3O. The van der Waals surface area contributed by atoms with E-state index in [0.29, 0.717) is 5.92 Å². The quantitative estimate of drug-likeness (QED) is 0.731. The van der Waals surface area contributed by atoms with Crippen LogP contribution in [0.2, 0.25) is 0 Å². The van der Waals surface area contributed by atoms with Gasteiger partial charge < -0.3 is 10.2 Å². The van der Waals surface area contributed by atoms with Crippen molar-refractivity contribution in [2.24, 2.45) is 5.92 Å². The fourth-order valence-electron chi connectivity index (χ4n) is 1.80. The molecule has 4 nitrogen and oxygen atoms in total. The summed E-state index contributed by atoms with van der Waals surface area (Å²) >= 11 is 0. The van der Waals surface area contributed by atoms with Gasteiger partial charge in [-0.1, -0.05) is 26.0 Å². The summed E-state index contributed by atoms with van der Waals surface area (Å²) in [7, 11) is 0. The van der Waals surface area contributed by atoms with Crippen LogP contribution in [0.3, 0.4) is 0 Å². The molecule has 1 heterocycles. The van der Waals surface area contributed by atoms with E-state index >= 15 is 0 Å². The first kappa shape index (κ1) is 13.3. The number of nitriles is 1. The molecule has 0 aromatic rings. The van der Waals surface area contributed by atoms with Crippen LogP contribution in [0.4, 0.5) is 0 Å². The molecule has 0 saturated carbocycles. The third-order valence-electron chi connectivity index (χ3n) is 2.58. The van der Waals surface area contributed by atoms with Crippen molar-refractivity contribution in [1.82, 2.24) is 10.2 Å². The maximum absolute atomic E-state index is 12.0. The summed E-state index contributed by atoms with van der Waals surface area (Å²) in [5.41, 5.74) is 0. The number of rotatable bonds is 5. The average molecular weight is 233 g/mol. The maximum Gasteiger partial charge on any atom is 0.243 e. The SMILES string of the molecule is CC(C)CC(C(=O)NCC#N)N1C=CC=CC1. The van der Waals surface area contributed by atoms with Crippen molar-refractivity contribution >= 4 is 5.91 Å². The Bertz CT molecular complexity index is 352. The fraction of sp³-hybridized carbons (Fsp3) is 0.538. The highest BCUT2D eigenvalue weighted by molar-refractivity contribution is 5.82. The van der Waals surface area contributed by atoms with Crippen LogP contribution < -0.4 is 5.32 Å². The highest BCUT2D eigenvalue weighted by atomic mass is 16.2. The average Bonchev–Trinajstić information content (AvgIpc) is 2.34. The van der Waals surface area contributed by atoms with Gasteiger partial charge in [-0.2, -0.15) is 5.26 Å². The molecule has 92 valence electrons. The van der Waals surface area contributed by atoms with Gasteiger partial charge in [0.2, 0.25) is 5.91 Å². The molecule has 17 heavy (non-hydrogen) atoms. The Morgan fingerprint density at radius 2 is 2.29 bits per heavy atom. The Labute approximate surface area is 103 Å². The first-order valence-electron chi connectivity index (χ1n) is 5.89. The van der Waals surface area contributed by atoms with E-state index in [1.165, 1.54) is 0 Å². The van der Waals surface area contributed by atoms with E-state index < -0.39 is 0 Å². The van der Waals surface area contributed by atoms with Gasteiger partial charge in [-0.25, -0.2) is 0 Å². The van der Waals surface area contributed by atoms with Crippen molar-refractivity contribution in [3.8, 4) is 6.07 Å². The third-order valence-corrected chi connectivity index (χ3v) is 2.58. The summed E-state index contributed by atoms with van der Waals surface area (Å²) in [6, 6.07) is 1.74. The van der Waals surface area contributed by atoms with Crippen molar-refractivity contribution in [3.05, 3.63) is 24.4 Å². The highest BCUT2D eigenvalue weighted by Crippen LogP contribution is 2.14. The number of carbonyl (C=O) groups excluding carboxylic acids is 1. The molecule has 0 fully saturated rings. The van der Waals surface area contributed by atoms with Crippen molar-refractivity contribution in [1.29, 1.82) is 5.26 Å². The van der Waals surface area contributed by atoms with Gasteiger partial charge in [0, 0.05) is 12.7 Å². The van der Waals surface area contributed by atoms with Crippen LogP contribution >= 0.6 is 0 Å². The molecule has 4 heteroatoms. The summed E-state index contributed by atoms with van der Waals surface area (Å²) in [5, 5.41) is 11.1. The number of nitrogens with one attached hydrogen (secondary N) is 1. The van der Waals surface area contributed by atoms with E-state index in [-0.39, 0.29) is 18.5 Å². The molecular weight excluding hydrogens is 214 g/mol. The van der Waals surface area contributed by atoms with Gasteiger partial charge >= 0.3 is 0 Å². The Morgan fingerprint density at radius 3 is 2.82 bits per heavy atom. The molecule has 0 aromatic heterocycles. The molecule has 0 radical (unpaired) electrons. The van der Waals surface area contributed by atoms with Gasteiger partial charge in [-0.15, -0.1) is 0 Å². The first-order valence-corrected chi connectivity index (χ1v) is 5.89. The topological polar surface area (TPSA) is 56.1 Å². The van der Waals surface area contributed by atoms with Crippen LogP contribution in [-0.4, -0.2) is 29.9 Å². The summed E-state index contributed by atoms with van der Waals surface area (Å²) < 4.78 is 0. The molecule has 0 spiro atoms. The van der Waals surface area contributed by atoms with Gasteiger partial charge in [0.05, 0.1) is 6.07 Å².